The summed E-state index contributed by atoms with van der Waals surface area (Å²) in [5, 5.41) is 38.5. The number of hydrogen-bond donors (Lipinski definition) is 4. The Morgan fingerprint density at radius 1 is 0.731 bits per heavy atom. The van der Waals surface area contributed by atoms with Crippen LogP contribution >= 0.6 is 0 Å². The number of ether oxygens (including phenoxy) is 6. The van der Waals surface area contributed by atoms with Crippen molar-refractivity contribution >= 4 is 0 Å². The van der Waals surface area contributed by atoms with Gasteiger partial charge in [0.15, 0.2) is 18.9 Å². The molecule has 3 saturated heterocycles. The van der Waals surface area contributed by atoms with Crippen LogP contribution in [0.3, 0.4) is 0 Å². The maximum Gasteiger partial charge on any atom is 0.184 e. The molecule has 3 fully saturated rings. The van der Waals surface area contributed by atoms with Crippen LogP contribution in [0.15, 0.2) is 0 Å². The van der Waals surface area contributed by atoms with E-state index in [1.54, 1.807) is 0 Å². The van der Waals surface area contributed by atoms with E-state index < -0.39 is 49.4 Å². The van der Waals surface area contributed by atoms with Gasteiger partial charge in [0.05, 0.1) is 38.1 Å². The molecule has 152 valence electrons. The van der Waals surface area contributed by atoms with Crippen LogP contribution in [0.5, 0.6) is 0 Å². The molecule has 0 amide bonds. The van der Waals surface area contributed by atoms with Crippen LogP contribution in [0.4, 0.5) is 0 Å². The minimum Gasteiger partial charge on any atom is -0.391 e. The lowest BCUT2D eigenvalue weighted by Gasteiger charge is -2.40. The summed E-state index contributed by atoms with van der Waals surface area (Å²) in [7, 11) is 1.53. The lowest BCUT2D eigenvalue weighted by molar-refractivity contribution is -0.312. The third-order valence-corrected chi connectivity index (χ3v) is 4.77. The molecular formula is C16H28O10. The second kappa shape index (κ2) is 9.20. The highest BCUT2D eigenvalue weighted by molar-refractivity contribution is 4.81. The molecule has 3 rings (SSSR count). The molecule has 26 heavy (non-hydrogen) atoms. The Labute approximate surface area is 151 Å². The second-order valence-corrected chi connectivity index (χ2v) is 6.91. The zero-order valence-corrected chi connectivity index (χ0v) is 14.7. The van der Waals surface area contributed by atoms with Gasteiger partial charge in [-0.15, -0.1) is 0 Å². The number of hydrogen-bond acceptors (Lipinski definition) is 10. The fourth-order valence-corrected chi connectivity index (χ4v) is 3.33. The van der Waals surface area contributed by atoms with Crippen molar-refractivity contribution in [1.82, 2.24) is 0 Å². The van der Waals surface area contributed by atoms with Crippen LogP contribution in [0.25, 0.3) is 0 Å². The van der Waals surface area contributed by atoms with Crippen molar-refractivity contribution in [2.75, 3.05) is 26.9 Å². The maximum absolute atomic E-state index is 9.94. The first-order valence-electron chi connectivity index (χ1n) is 8.87. The Balaban J connectivity index is 1.47. The third kappa shape index (κ3) is 5.10. The summed E-state index contributed by atoms with van der Waals surface area (Å²) in [5.74, 6) is 0. The van der Waals surface area contributed by atoms with Gasteiger partial charge in [-0.25, -0.2) is 0 Å². The molecule has 2 unspecified atom stereocenters. The average molecular weight is 380 g/mol. The number of methoxy groups -OCH3 is 1. The molecule has 0 aromatic rings. The summed E-state index contributed by atoms with van der Waals surface area (Å²) in [6.07, 6.45) is -5.55. The van der Waals surface area contributed by atoms with E-state index in [0.29, 0.717) is 6.42 Å². The normalized spacial score (nSPS) is 47.7. The number of rotatable bonds is 5. The Morgan fingerprint density at radius 2 is 1.38 bits per heavy atom. The Bertz CT molecular complexity index is 437. The molecule has 0 spiro atoms. The van der Waals surface area contributed by atoms with Crippen molar-refractivity contribution in [2.24, 2.45) is 0 Å². The molecule has 3 heterocycles. The van der Waals surface area contributed by atoms with Gasteiger partial charge in [0.1, 0.15) is 18.3 Å². The molecule has 10 nitrogen and oxygen atoms in total. The van der Waals surface area contributed by atoms with Crippen molar-refractivity contribution < 1.29 is 48.8 Å². The molecule has 9 atom stereocenters. The van der Waals surface area contributed by atoms with E-state index in [0.717, 1.165) is 0 Å². The highest BCUT2D eigenvalue weighted by atomic mass is 16.7. The van der Waals surface area contributed by atoms with Crippen molar-refractivity contribution in [1.29, 1.82) is 0 Å². The predicted molar refractivity (Wildman–Crippen MR) is 83.9 cm³/mol. The fourth-order valence-electron chi connectivity index (χ4n) is 3.33. The molecule has 3 aliphatic heterocycles. The molecule has 0 aromatic heterocycles. The van der Waals surface area contributed by atoms with Crippen molar-refractivity contribution in [3.8, 4) is 0 Å². The Hall–Kier alpha value is -0.400. The SMILES string of the molecule is COC1C[C@H](O[C@H]2OC[C@@H](O)CC2O)CO[C@@H]1O[C@@H]1CO[C@H](O)[C@H](O)C1. The smallest absolute Gasteiger partial charge is 0.184 e. The zero-order chi connectivity index (χ0) is 18.7. The molecule has 0 aliphatic carbocycles. The predicted octanol–water partition coefficient (Wildman–Crippen LogP) is -1.91. The molecule has 0 saturated carbocycles. The van der Waals surface area contributed by atoms with E-state index >= 15 is 0 Å². The fraction of sp³-hybridized carbons (Fsp3) is 1.00. The second-order valence-electron chi connectivity index (χ2n) is 6.91. The van der Waals surface area contributed by atoms with Gasteiger partial charge in [0.2, 0.25) is 0 Å². The van der Waals surface area contributed by atoms with Gasteiger partial charge in [0, 0.05) is 26.4 Å². The molecule has 0 radical (unpaired) electrons. The van der Waals surface area contributed by atoms with E-state index in [2.05, 4.69) is 0 Å². The summed E-state index contributed by atoms with van der Waals surface area (Å²) in [6.45, 7) is 0.488. The Morgan fingerprint density at radius 3 is 2.08 bits per heavy atom. The van der Waals surface area contributed by atoms with Gasteiger partial charge in [0.25, 0.3) is 0 Å². The van der Waals surface area contributed by atoms with Gasteiger partial charge in [-0.2, -0.15) is 0 Å². The molecule has 0 bridgehead atoms. The minimum atomic E-state index is -1.20. The monoisotopic (exact) mass is 380 g/mol. The van der Waals surface area contributed by atoms with Gasteiger partial charge < -0.3 is 48.8 Å². The summed E-state index contributed by atoms with van der Waals surface area (Å²) in [6, 6.07) is 0. The van der Waals surface area contributed by atoms with Gasteiger partial charge in [-0.1, -0.05) is 0 Å². The molecule has 3 aliphatic rings. The van der Waals surface area contributed by atoms with E-state index in [-0.39, 0.29) is 38.8 Å². The van der Waals surface area contributed by atoms with E-state index in [9.17, 15) is 20.4 Å². The van der Waals surface area contributed by atoms with Gasteiger partial charge in [-0.05, 0) is 0 Å². The topological polar surface area (TPSA) is 136 Å². The summed E-state index contributed by atoms with van der Waals surface area (Å²) in [4.78, 5) is 0. The molecule has 0 aromatic carbocycles. The quantitative estimate of drug-likeness (QED) is 0.427. The zero-order valence-electron chi connectivity index (χ0n) is 14.7. The maximum atomic E-state index is 9.94. The average Bonchev–Trinajstić information content (AvgIpc) is 2.61. The largest absolute Gasteiger partial charge is 0.391 e. The highest BCUT2D eigenvalue weighted by Gasteiger charge is 2.39. The minimum absolute atomic E-state index is 0.116. The molecule has 10 heteroatoms. The van der Waals surface area contributed by atoms with Crippen LogP contribution in [0, 0.1) is 0 Å². The van der Waals surface area contributed by atoms with Crippen LogP contribution in [0.2, 0.25) is 0 Å². The first-order chi connectivity index (χ1) is 12.5. The van der Waals surface area contributed by atoms with Crippen molar-refractivity contribution in [2.45, 2.75) is 74.8 Å². The number of aliphatic hydroxyl groups is 4. The van der Waals surface area contributed by atoms with Crippen LogP contribution < -0.4 is 0 Å². The number of aliphatic hydroxyl groups excluding tert-OH is 4. The highest BCUT2D eigenvalue weighted by Crippen LogP contribution is 2.27. The van der Waals surface area contributed by atoms with Gasteiger partial charge >= 0.3 is 0 Å². The summed E-state index contributed by atoms with van der Waals surface area (Å²) >= 11 is 0. The van der Waals surface area contributed by atoms with Crippen molar-refractivity contribution in [3.05, 3.63) is 0 Å². The van der Waals surface area contributed by atoms with E-state index in [4.69, 9.17) is 28.4 Å². The van der Waals surface area contributed by atoms with Crippen LogP contribution in [0.1, 0.15) is 19.3 Å². The van der Waals surface area contributed by atoms with Crippen LogP contribution in [-0.2, 0) is 28.4 Å². The standard InChI is InChI=1S/C16H28O10/c1-21-13-4-10(25-15-12(19)2-8(17)5-23-15)7-24-16(13)26-9-3-11(18)14(20)22-6-9/h8-20H,2-7H2,1H3/t8-,9-,10-,11+,12?,13?,14-,15+,16+/m0/s1. The van der Waals surface area contributed by atoms with E-state index in [1.165, 1.54) is 7.11 Å². The summed E-state index contributed by atoms with van der Waals surface area (Å²) in [5.41, 5.74) is 0. The summed E-state index contributed by atoms with van der Waals surface area (Å²) < 4.78 is 33.1. The molecule has 4 N–H and O–H groups in total. The third-order valence-electron chi connectivity index (χ3n) is 4.77. The van der Waals surface area contributed by atoms with E-state index in [1.807, 2.05) is 0 Å². The first-order valence-corrected chi connectivity index (χ1v) is 8.87. The first kappa shape index (κ1) is 20.3. The lowest BCUT2D eigenvalue weighted by Crippen LogP contribution is -2.51. The van der Waals surface area contributed by atoms with Crippen molar-refractivity contribution in [3.63, 3.8) is 0 Å². The van der Waals surface area contributed by atoms with Gasteiger partial charge in [-0.3, -0.25) is 0 Å². The molecular weight excluding hydrogens is 352 g/mol. The Kier molecular flexibility index (Phi) is 7.19. The van der Waals surface area contributed by atoms with Crippen LogP contribution in [-0.4, -0.2) is 103 Å². The lowest BCUT2D eigenvalue weighted by atomic mass is 10.1.